The number of aromatic nitrogens is 1. The number of carboxylic acid groups (broad SMARTS) is 1. The number of alkyl halides is 3. The number of ether oxygens (including phenoxy) is 1. The number of hydrogen-bond donors (Lipinski definition) is 3. The van der Waals surface area contributed by atoms with Crippen molar-refractivity contribution in [1.82, 2.24) is 10.5 Å². The summed E-state index contributed by atoms with van der Waals surface area (Å²) in [6.45, 7) is 2.34. The van der Waals surface area contributed by atoms with Crippen LogP contribution in [0.15, 0.2) is 59.5 Å². The van der Waals surface area contributed by atoms with E-state index in [-0.39, 0.29) is 27.6 Å². The van der Waals surface area contributed by atoms with Crippen molar-refractivity contribution in [2.45, 2.75) is 31.0 Å². The van der Waals surface area contributed by atoms with Crippen molar-refractivity contribution in [2.24, 2.45) is 5.92 Å². The Morgan fingerprint density at radius 2 is 1.76 bits per heavy atom. The second-order valence-electron chi connectivity index (χ2n) is 9.92. The average molecular weight is 613 g/mol. The van der Waals surface area contributed by atoms with Gasteiger partial charge in [0.1, 0.15) is 12.4 Å². The highest BCUT2D eigenvalue weighted by atomic mass is 32.2. The van der Waals surface area contributed by atoms with Gasteiger partial charge in [0, 0.05) is 23.1 Å². The highest BCUT2D eigenvalue weighted by Gasteiger charge is 2.47. The maximum Gasteiger partial charge on any atom is 0.490 e. The summed E-state index contributed by atoms with van der Waals surface area (Å²) in [5, 5.41) is 16.9. The lowest BCUT2D eigenvalue weighted by molar-refractivity contribution is -0.818. The van der Waals surface area contributed by atoms with E-state index in [0.29, 0.717) is 25.3 Å². The van der Waals surface area contributed by atoms with Gasteiger partial charge in [-0.25, -0.2) is 23.5 Å². The van der Waals surface area contributed by atoms with Crippen LogP contribution in [0, 0.1) is 12.8 Å². The predicted octanol–water partition coefficient (Wildman–Crippen LogP) is 3.03. The largest absolute Gasteiger partial charge is 0.490 e. The zero-order chi connectivity index (χ0) is 31.3. The van der Waals surface area contributed by atoms with E-state index in [1.54, 1.807) is 19.2 Å². The van der Waals surface area contributed by atoms with Gasteiger partial charge in [-0.15, -0.1) is 0 Å². The van der Waals surface area contributed by atoms with Crippen LogP contribution in [0.5, 0.6) is 5.75 Å². The molecule has 1 aliphatic rings. The van der Waals surface area contributed by atoms with Crippen molar-refractivity contribution in [3.8, 4) is 5.75 Å². The molecular formula is C27H29F3N3O8S+. The molecule has 4 rings (SSSR count). The number of carbonyl (C=O) groups is 3. The van der Waals surface area contributed by atoms with Crippen molar-refractivity contribution in [3.63, 3.8) is 0 Å². The number of para-hydroxylation sites is 1. The monoisotopic (exact) mass is 612 g/mol. The summed E-state index contributed by atoms with van der Waals surface area (Å²) in [7, 11) is -2.15. The first-order chi connectivity index (χ1) is 19.6. The number of benzene rings is 2. The van der Waals surface area contributed by atoms with Crippen LogP contribution in [-0.4, -0.2) is 78.0 Å². The summed E-state index contributed by atoms with van der Waals surface area (Å²) in [4.78, 5) is 37.9. The van der Waals surface area contributed by atoms with Gasteiger partial charge < -0.3 is 9.84 Å². The Morgan fingerprint density at radius 1 is 1.14 bits per heavy atom. The van der Waals surface area contributed by atoms with Gasteiger partial charge in [0.05, 0.1) is 35.7 Å². The number of quaternary nitrogens is 1. The number of amides is 2. The highest BCUT2D eigenvalue weighted by Crippen LogP contribution is 2.28. The normalized spacial score (nSPS) is 18.7. The fraction of sp³-hybridized carbons (Fsp3) is 0.333. The third kappa shape index (κ3) is 8.02. The molecule has 0 aliphatic carbocycles. The minimum absolute atomic E-state index is 0.108. The van der Waals surface area contributed by atoms with Crippen molar-refractivity contribution in [3.05, 3.63) is 65.9 Å². The molecule has 3 N–H and O–H groups in total. The average Bonchev–Trinajstić information content (AvgIpc) is 3.19. The molecule has 2 amide bonds. The van der Waals surface area contributed by atoms with Crippen LogP contribution in [-0.2, 0) is 30.8 Å². The second kappa shape index (κ2) is 12.8. The van der Waals surface area contributed by atoms with Crippen LogP contribution in [0.3, 0.4) is 0 Å². The lowest BCUT2D eigenvalue weighted by Gasteiger charge is -2.25. The van der Waals surface area contributed by atoms with Gasteiger partial charge in [0.2, 0.25) is 0 Å². The molecular weight excluding hydrogens is 583 g/mol. The molecule has 42 heavy (non-hydrogen) atoms. The first kappa shape index (κ1) is 32.4. The molecule has 2 aromatic carbocycles. The number of hydroxylamine groups is 1. The molecule has 11 nitrogen and oxygen atoms in total. The fourth-order valence-electron chi connectivity index (χ4n) is 4.56. The number of aryl methyl sites for hydroxylation is 1. The standard InChI is InChI=1S/C25H27N3O6S.C2HF3O2/c1-17-13-19(22-5-3-4-6-23(22)26-17)15-34-20-7-9-21(10-8-20)35(32,33)16-18-11-12-28(2,25(18)30)14-24(29)27-31;3-2(4,5)1(6)7/h3-10,13,18H,11-12,14-16H2,1-2H3,(H-,27,29,31);(H,6,7)/p+1. The van der Waals surface area contributed by atoms with E-state index >= 15 is 0 Å². The minimum Gasteiger partial charge on any atom is -0.489 e. The third-order valence-electron chi connectivity index (χ3n) is 6.64. The van der Waals surface area contributed by atoms with Gasteiger partial charge in [-0.1, -0.05) is 18.2 Å². The fourth-order valence-corrected chi connectivity index (χ4v) is 6.14. The molecule has 2 unspecified atom stereocenters. The van der Waals surface area contributed by atoms with Crippen LogP contribution in [0.1, 0.15) is 17.7 Å². The third-order valence-corrected chi connectivity index (χ3v) is 8.47. The number of pyridine rings is 1. The molecule has 1 fully saturated rings. The topological polar surface area (TPSA) is 160 Å². The maximum atomic E-state index is 13.0. The van der Waals surface area contributed by atoms with Crippen molar-refractivity contribution < 1.29 is 55.5 Å². The van der Waals surface area contributed by atoms with E-state index < -0.39 is 33.8 Å². The molecule has 2 atom stereocenters. The number of likely N-dealkylation sites (tertiary alicyclic amines) is 1. The Hall–Kier alpha value is -4.08. The Bertz CT molecular complexity index is 1580. The van der Waals surface area contributed by atoms with Crippen molar-refractivity contribution in [2.75, 3.05) is 25.9 Å². The van der Waals surface area contributed by atoms with Crippen LogP contribution in [0.2, 0.25) is 0 Å². The summed E-state index contributed by atoms with van der Waals surface area (Å²) in [6.07, 6.45) is -4.73. The lowest BCUT2D eigenvalue weighted by Crippen LogP contribution is -2.52. The number of carbonyl (C=O) groups excluding carboxylic acids is 2. The van der Waals surface area contributed by atoms with E-state index in [0.717, 1.165) is 22.2 Å². The van der Waals surface area contributed by atoms with Gasteiger partial charge in [0.15, 0.2) is 16.4 Å². The zero-order valence-corrected chi connectivity index (χ0v) is 23.4. The van der Waals surface area contributed by atoms with E-state index in [1.165, 1.54) is 17.6 Å². The number of carboxylic acids is 1. The summed E-state index contributed by atoms with van der Waals surface area (Å²) in [5.41, 5.74) is 4.29. The Labute approximate surface area is 239 Å². The summed E-state index contributed by atoms with van der Waals surface area (Å²) in [6, 6.07) is 15.9. The van der Waals surface area contributed by atoms with Crippen molar-refractivity contribution >= 4 is 38.5 Å². The quantitative estimate of drug-likeness (QED) is 0.197. The summed E-state index contributed by atoms with van der Waals surface area (Å²) >= 11 is 0. The molecule has 0 bridgehead atoms. The number of halogens is 3. The smallest absolute Gasteiger partial charge is 0.489 e. The molecule has 226 valence electrons. The van der Waals surface area contributed by atoms with Crippen LogP contribution >= 0.6 is 0 Å². The minimum atomic E-state index is -5.08. The molecule has 0 saturated carbocycles. The van der Waals surface area contributed by atoms with Gasteiger partial charge in [-0.05, 0) is 43.3 Å². The Balaban J connectivity index is 0.000000616. The number of nitrogens with zero attached hydrogens (tertiary/aromatic N) is 2. The van der Waals surface area contributed by atoms with Gasteiger partial charge in [-0.3, -0.25) is 19.5 Å². The van der Waals surface area contributed by atoms with Crippen molar-refractivity contribution in [1.29, 1.82) is 0 Å². The number of fused-ring (bicyclic) bond motifs is 1. The van der Waals surface area contributed by atoms with Gasteiger partial charge in [0.25, 0.3) is 5.91 Å². The number of aliphatic carboxylic acids is 1. The SMILES string of the molecule is Cc1cc(COc2ccc(S(=O)(=O)CC3CC[N+](C)(CC(=O)NO)C3=O)cc2)c2ccccc2n1.O=C(O)C(F)(F)F. The highest BCUT2D eigenvalue weighted by molar-refractivity contribution is 7.91. The number of rotatable bonds is 8. The van der Waals surface area contributed by atoms with E-state index in [4.69, 9.17) is 19.8 Å². The summed E-state index contributed by atoms with van der Waals surface area (Å²) < 4.78 is 63.4. The molecule has 1 aliphatic heterocycles. The molecule has 2 heterocycles. The molecule has 1 saturated heterocycles. The Morgan fingerprint density at radius 3 is 2.36 bits per heavy atom. The number of sulfone groups is 1. The Kier molecular flexibility index (Phi) is 9.91. The lowest BCUT2D eigenvalue weighted by atomic mass is 10.1. The second-order valence-corrected chi connectivity index (χ2v) is 12.0. The molecule has 0 radical (unpaired) electrons. The number of hydrogen-bond acceptors (Lipinski definition) is 8. The van der Waals surface area contributed by atoms with E-state index in [1.807, 2.05) is 37.3 Å². The van der Waals surface area contributed by atoms with Crippen LogP contribution in [0.4, 0.5) is 13.2 Å². The van der Waals surface area contributed by atoms with Gasteiger partial charge >= 0.3 is 18.1 Å². The number of likely N-dealkylation sites (N-methyl/N-ethyl adjacent to an activating group) is 1. The summed E-state index contributed by atoms with van der Waals surface area (Å²) in [5.74, 6) is -4.28. The van der Waals surface area contributed by atoms with Gasteiger partial charge in [-0.2, -0.15) is 13.2 Å². The van der Waals surface area contributed by atoms with Crippen LogP contribution < -0.4 is 10.2 Å². The van der Waals surface area contributed by atoms with E-state index in [2.05, 4.69) is 4.98 Å². The van der Waals surface area contributed by atoms with Crippen LogP contribution in [0.25, 0.3) is 10.9 Å². The first-order valence-corrected chi connectivity index (χ1v) is 14.1. The van der Waals surface area contributed by atoms with E-state index in [9.17, 15) is 31.2 Å². The molecule has 15 heteroatoms. The molecule has 0 spiro atoms. The number of nitrogens with one attached hydrogen (secondary N) is 1. The molecule has 1 aromatic heterocycles. The maximum absolute atomic E-state index is 13.0. The molecule has 3 aromatic rings. The zero-order valence-electron chi connectivity index (χ0n) is 22.6. The first-order valence-electron chi connectivity index (χ1n) is 12.5. The predicted molar refractivity (Wildman–Crippen MR) is 142 cm³/mol.